The molecular formula is C10H21NO2. The van der Waals surface area contributed by atoms with Crippen LogP contribution in [-0.4, -0.2) is 38.5 Å². The third kappa shape index (κ3) is 5.24. The predicted molar refractivity (Wildman–Crippen MR) is 52.9 cm³/mol. The van der Waals surface area contributed by atoms with Crippen LogP contribution in [0.2, 0.25) is 0 Å². The molecule has 0 aromatic carbocycles. The Labute approximate surface area is 80.8 Å². The Morgan fingerprint density at radius 3 is 2.69 bits per heavy atom. The maximum Gasteiger partial charge on any atom is 0.0619 e. The molecule has 1 aliphatic rings. The summed E-state index contributed by atoms with van der Waals surface area (Å²) in [5, 5.41) is 3.33. The van der Waals surface area contributed by atoms with Gasteiger partial charge in [0.15, 0.2) is 0 Å². The van der Waals surface area contributed by atoms with Gasteiger partial charge < -0.3 is 14.8 Å². The van der Waals surface area contributed by atoms with Crippen molar-refractivity contribution in [2.45, 2.75) is 38.8 Å². The molecule has 1 heterocycles. The highest BCUT2D eigenvalue weighted by Crippen LogP contribution is 2.09. The van der Waals surface area contributed by atoms with Crippen LogP contribution in [0.4, 0.5) is 0 Å². The Balaban J connectivity index is 1.92. The lowest BCUT2D eigenvalue weighted by Gasteiger charge is -2.22. The van der Waals surface area contributed by atoms with Gasteiger partial charge in [0, 0.05) is 25.8 Å². The van der Waals surface area contributed by atoms with Crippen LogP contribution >= 0.6 is 0 Å². The van der Waals surface area contributed by atoms with Crippen molar-refractivity contribution in [3.63, 3.8) is 0 Å². The summed E-state index contributed by atoms with van der Waals surface area (Å²) < 4.78 is 10.9. The molecule has 1 aliphatic heterocycles. The van der Waals surface area contributed by atoms with Gasteiger partial charge in [-0.3, -0.25) is 0 Å². The molecule has 0 amide bonds. The van der Waals surface area contributed by atoms with Crippen molar-refractivity contribution in [2.75, 3.05) is 26.4 Å². The van der Waals surface area contributed by atoms with Gasteiger partial charge in [0.05, 0.1) is 12.7 Å². The van der Waals surface area contributed by atoms with E-state index in [0.29, 0.717) is 12.1 Å². The van der Waals surface area contributed by atoms with Crippen LogP contribution in [0.15, 0.2) is 0 Å². The Bertz CT molecular complexity index is 122. The van der Waals surface area contributed by atoms with Gasteiger partial charge in [-0.1, -0.05) is 13.8 Å². The highest BCUT2D eigenvalue weighted by atomic mass is 16.5. The second kappa shape index (κ2) is 6.35. The molecule has 0 radical (unpaired) electrons. The minimum atomic E-state index is 0.433. The first-order valence-electron chi connectivity index (χ1n) is 5.22. The van der Waals surface area contributed by atoms with Gasteiger partial charge in [-0.2, -0.15) is 0 Å². The van der Waals surface area contributed by atoms with E-state index in [1.807, 2.05) is 0 Å². The minimum Gasteiger partial charge on any atom is -0.381 e. The second-order valence-corrected chi connectivity index (χ2v) is 3.79. The van der Waals surface area contributed by atoms with Crippen LogP contribution in [-0.2, 0) is 9.47 Å². The van der Waals surface area contributed by atoms with Gasteiger partial charge in [-0.05, 0) is 12.8 Å². The van der Waals surface area contributed by atoms with Crippen molar-refractivity contribution >= 4 is 0 Å². The summed E-state index contributed by atoms with van der Waals surface area (Å²) in [7, 11) is 0. The van der Waals surface area contributed by atoms with E-state index in [4.69, 9.17) is 9.47 Å². The minimum absolute atomic E-state index is 0.433. The fraction of sp³-hybridized carbons (Fsp3) is 1.00. The van der Waals surface area contributed by atoms with Crippen molar-refractivity contribution in [1.29, 1.82) is 0 Å². The molecule has 0 aliphatic carbocycles. The monoisotopic (exact) mass is 187 g/mol. The highest BCUT2D eigenvalue weighted by molar-refractivity contribution is 4.62. The summed E-state index contributed by atoms with van der Waals surface area (Å²) in [6.07, 6.45) is 2.55. The first-order valence-corrected chi connectivity index (χ1v) is 5.22. The second-order valence-electron chi connectivity index (χ2n) is 3.79. The first-order chi connectivity index (χ1) is 6.29. The third-order valence-electron chi connectivity index (χ3n) is 2.18. The lowest BCUT2D eigenvalue weighted by Crippen LogP contribution is -2.30. The van der Waals surface area contributed by atoms with Crippen LogP contribution in [0.1, 0.15) is 26.7 Å². The molecule has 0 spiro atoms. The van der Waals surface area contributed by atoms with Crippen molar-refractivity contribution in [3.8, 4) is 0 Å². The van der Waals surface area contributed by atoms with Gasteiger partial charge >= 0.3 is 0 Å². The zero-order valence-electron chi connectivity index (χ0n) is 8.71. The van der Waals surface area contributed by atoms with E-state index in [1.54, 1.807) is 0 Å². The Kier molecular flexibility index (Phi) is 5.35. The predicted octanol–water partition coefficient (Wildman–Crippen LogP) is 1.18. The number of ether oxygens (including phenoxy) is 2. The van der Waals surface area contributed by atoms with Gasteiger partial charge in [-0.15, -0.1) is 0 Å². The lowest BCUT2D eigenvalue weighted by molar-refractivity contribution is -0.0307. The molecule has 1 saturated heterocycles. The third-order valence-corrected chi connectivity index (χ3v) is 2.18. The molecule has 1 rings (SSSR count). The van der Waals surface area contributed by atoms with E-state index in [1.165, 1.54) is 0 Å². The molecule has 0 bridgehead atoms. The highest BCUT2D eigenvalue weighted by Gasteiger charge is 2.13. The van der Waals surface area contributed by atoms with Crippen molar-refractivity contribution in [2.24, 2.45) is 0 Å². The van der Waals surface area contributed by atoms with Crippen molar-refractivity contribution in [3.05, 3.63) is 0 Å². The summed E-state index contributed by atoms with van der Waals surface area (Å²) in [5.41, 5.74) is 0. The average molecular weight is 187 g/mol. The fourth-order valence-corrected chi connectivity index (χ4v) is 1.42. The normalized spacial score (nSPS) is 19.6. The van der Waals surface area contributed by atoms with E-state index in [0.717, 1.165) is 39.2 Å². The lowest BCUT2D eigenvalue weighted by atomic mass is 10.2. The van der Waals surface area contributed by atoms with Crippen LogP contribution in [0.3, 0.4) is 0 Å². The molecule has 3 heteroatoms. The average Bonchev–Trinajstić information content (AvgIpc) is 2.14. The quantitative estimate of drug-likeness (QED) is 0.656. The number of rotatable bonds is 5. The van der Waals surface area contributed by atoms with Crippen LogP contribution in [0.25, 0.3) is 0 Å². The van der Waals surface area contributed by atoms with Crippen LogP contribution in [0, 0.1) is 0 Å². The van der Waals surface area contributed by atoms with E-state index in [2.05, 4.69) is 19.2 Å². The van der Waals surface area contributed by atoms with Crippen LogP contribution in [0.5, 0.6) is 0 Å². The van der Waals surface area contributed by atoms with Crippen LogP contribution < -0.4 is 5.32 Å². The van der Waals surface area contributed by atoms with E-state index in [-0.39, 0.29) is 0 Å². The molecule has 78 valence electrons. The van der Waals surface area contributed by atoms with Gasteiger partial charge in [0.1, 0.15) is 0 Å². The molecule has 3 nitrogen and oxygen atoms in total. The van der Waals surface area contributed by atoms with Gasteiger partial charge in [0.2, 0.25) is 0 Å². The Hall–Kier alpha value is -0.120. The van der Waals surface area contributed by atoms with Gasteiger partial charge in [0.25, 0.3) is 0 Å². The van der Waals surface area contributed by atoms with Crippen molar-refractivity contribution in [1.82, 2.24) is 5.32 Å². The standard InChI is InChI=1S/C10H21NO2/c1-9(2)11-5-8-13-10-3-6-12-7-4-10/h9-11H,3-8H2,1-2H3. The first kappa shape index (κ1) is 11.0. The summed E-state index contributed by atoms with van der Waals surface area (Å²) in [4.78, 5) is 0. The Morgan fingerprint density at radius 2 is 2.08 bits per heavy atom. The molecule has 0 atom stereocenters. The smallest absolute Gasteiger partial charge is 0.0619 e. The zero-order valence-corrected chi connectivity index (χ0v) is 8.71. The molecule has 0 aromatic rings. The van der Waals surface area contributed by atoms with Gasteiger partial charge in [-0.25, -0.2) is 0 Å². The number of hydrogen-bond donors (Lipinski definition) is 1. The molecule has 0 saturated carbocycles. The summed E-state index contributed by atoms with van der Waals surface area (Å²) in [5.74, 6) is 0. The number of nitrogens with one attached hydrogen (secondary N) is 1. The maximum absolute atomic E-state index is 5.69. The largest absolute Gasteiger partial charge is 0.381 e. The van der Waals surface area contributed by atoms with Crippen molar-refractivity contribution < 1.29 is 9.47 Å². The zero-order chi connectivity index (χ0) is 9.52. The summed E-state index contributed by atoms with van der Waals surface area (Å²) in [6, 6.07) is 0.554. The maximum atomic E-state index is 5.69. The van der Waals surface area contributed by atoms with E-state index < -0.39 is 0 Å². The van der Waals surface area contributed by atoms with E-state index >= 15 is 0 Å². The topological polar surface area (TPSA) is 30.5 Å². The molecule has 1 fully saturated rings. The number of hydrogen-bond acceptors (Lipinski definition) is 3. The summed E-state index contributed by atoms with van der Waals surface area (Å²) >= 11 is 0. The molecule has 0 unspecified atom stereocenters. The summed E-state index contributed by atoms with van der Waals surface area (Å²) in [6.45, 7) is 7.80. The fourth-order valence-electron chi connectivity index (χ4n) is 1.42. The molecular weight excluding hydrogens is 166 g/mol. The SMILES string of the molecule is CC(C)NCCOC1CCOCC1. The molecule has 1 N–H and O–H groups in total. The molecule has 13 heavy (non-hydrogen) atoms. The van der Waals surface area contributed by atoms with E-state index in [9.17, 15) is 0 Å². The molecule has 0 aromatic heterocycles. The Morgan fingerprint density at radius 1 is 1.38 bits per heavy atom.